The summed E-state index contributed by atoms with van der Waals surface area (Å²) in [5.41, 5.74) is 6.68. The number of hydrogen-bond acceptors (Lipinski definition) is 5. The second kappa shape index (κ2) is 10.1. The molecule has 0 bridgehead atoms. The van der Waals surface area contributed by atoms with E-state index in [2.05, 4.69) is 15.4 Å². The van der Waals surface area contributed by atoms with Crippen LogP contribution in [0.25, 0.3) is 5.65 Å². The molecule has 3 atom stereocenters. The van der Waals surface area contributed by atoms with E-state index in [9.17, 15) is 39.9 Å². The van der Waals surface area contributed by atoms with Gasteiger partial charge in [-0.05, 0) is 25.2 Å². The Morgan fingerprint density at radius 3 is 2.47 bits per heavy atom. The number of rotatable bonds is 6. The number of fused-ring (bicyclic) bond motifs is 1. The van der Waals surface area contributed by atoms with E-state index in [1.54, 1.807) is 0 Å². The van der Waals surface area contributed by atoms with Crippen LogP contribution in [-0.2, 0) is 11.2 Å². The summed E-state index contributed by atoms with van der Waals surface area (Å²) >= 11 is 0. The van der Waals surface area contributed by atoms with Crippen molar-refractivity contribution >= 4 is 17.2 Å². The number of halogens is 8. The van der Waals surface area contributed by atoms with Crippen LogP contribution in [0.2, 0.25) is 0 Å². The molecule has 212 valence electrons. The van der Waals surface area contributed by atoms with Crippen molar-refractivity contribution in [2.24, 2.45) is 23.5 Å². The van der Waals surface area contributed by atoms with E-state index in [1.165, 1.54) is 16.8 Å². The van der Waals surface area contributed by atoms with Crippen molar-refractivity contribution < 1.29 is 39.9 Å². The molecule has 1 aliphatic heterocycles. The largest absolute Gasteiger partial charge is 0.405 e. The fourth-order valence-electron chi connectivity index (χ4n) is 5.18. The van der Waals surface area contributed by atoms with Crippen molar-refractivity contribution in [1.29, 1.82) is 0 Å². The van der Waals surface area contributed by atoms with Gasteiger partial charge in [0.25, 0.3) is 0 Å². The van der Waals surface area contributed by atoms with Gasteiger partial charge < -0.3 is 16.0 Å². The van der Waals surface area contributed by atoms with Gasteiger partial charge in [0.15, 0.2) is 5.65 Å². The van der Waals surface area contributed by atoms with Crippen LogP contribution in [0, 0.1) is 17.8 Å². The van der Waals surface area contributed by atoms with Gasteiger partial charge in [-0.15, -0.1) is 0 Å². The van der Waals surface area contributed by atoms with Crippen molar-refractivity contribution in [3.05, 3.63) is 23.7 Å². The summed E-state index contributed by atoms with van der Waals surface area (Å²) in [6.45, 7) is -1.94. The van der Waals surface area contributed by atoms with Crippen LogP contribution in [0.5, 0.6) is 0 Å². The third-order valence-corrected chi connectivity index (χ3v) is 7.33. The van der Waals surface area contributed by atoms with Gasteiger partial charge in [0.05, 0.1) is 35.2 Å². The van der Waals surface area contributed by atoms with E-state index in [1.807, 2.05) is 0 Å². The maximum atomic E-state index is 13.6. The van der Waals surface area contributed by atoms with Crippen LogP contribution < -0.4 is 16.0 Å². The molecule has 38 heavy (non-hydrogen) atoms. The number of carbonyl (C=O) groups is 1. The number of nitrogens with zero attached hydrogens (tertiary/aromatic N) is 4. The highest BCUT2D eigenvalue weighted by Gasteiger charge is 2.45. The first-order chi connectivity index (χ1) is 17.5. The molecule has 2 aromatic heterocycles. The predicted molar refractivity (Wildman–Crippen MR) is 121 cm³/mol. The van der Waals surface area contributed by atoms with Gasteiger partial charge >= 0.3 is 12.4 Å². The number of anilines is 1. The van der Waals surface area contributed by atoms with Crippen LogP contribution in [0.4, 0.5) is 40.8 Å². The molecule has 1 unspecified atom stereocenters. The minimum absolute atomic E-state index is 0.0120. The Morgan fingerprint density at radius 2 is 1.87 bits per heavy atom. The summed E-state index contributed by atoms with van der Waals surface area (Å²) in [5.74, 6) is -6.62. The Bertz CT molecular complexity index is 1150. The van der Waals surface area contributed by atoms with Crippen molar-refractivity contribution in [3.8, 4) is 0 Å². The third-order valence-electron chi connectivity index (χ3n) is 7.33. The van der Waals surface area contributed by atoms with Crippen LogP contribution in [-0.4, -0.2) is 58.9 Å². The molecule has 2 fully saturated rings. The number of alkyl halides is 8. The van der Waals surface area contributed by atoms with Gasteiger partial charge in [-0.1, -0.05) is 0 Å². The van der Waals surface area contributed by atoms with E-state index >= 15 is 0 Å². The van der Waals surface area contributed by atoms with E-state index in [0.29, 0.717) is 5.69 Å². The molecular formula is C23H28F8N6O. The average molecular weight is 557 g/mol. The van der Waals surface area contributed by atoms with E-state index in [4.69, 9.17) is 5.73 Å². The summed E-state index contributed by atoms with van der Waals surface area (Å²) in [6, 6.07) is 0.589. The van der Waals surface area contributed by atoms with Crippen molar-refractivity contribution in [2.75, 3.05) is 25.0 Å². The van der Waals surface area contributed by atoms with Crippen molar-refractivity contribution in [1.82, 2.24) is 19.9 Å². The Kier molecular flexibility index (Phi) is 7.53. The molecule has 3 N–H and O–H groups in total. The topological polar surface area (TPSA) is 88.6 Å². The number of nitrogens with two attached hydrogens (primary N) is 1. The van der Waals surface area contributed by atoms with Gasteiger partial charge in [0, 0.05) is 44.8 Å². The zero-order valence-corrected chi connectivity index (χ0v) is 20.4. The monoisotopic (exact) mass is 556 g/mol. The molecular weight excluding hydrogens is 528 g/mol. The first kappa shape index (κ1) is 28.3. The van der Waals surface area contributed by atoms with E-state index in [0.717, 1.165) is 11.9 Å². The van der Waals surface area contributed by atoms with Crippen molar-refractivity contribution in [2.45, 2.75) is 62.8 Å². The molecule has 4 rings (SSSR count). The van der Waals surface area contributed by atoms with E-state index in [-0.39, 0.29) is 55.1 Å². The molecule has 0 radical (unpaired) electrons. The molecule has 0 spiro atoms. The van der Waals surface area contributed by atoms with Gasteiger partial charge in [-0.3, -0.25) is 4.79 Å². The Labute approximate surface area is 212 Å². The molecule has 1 amide bonds. The van der Waals surface area contributed by atoms with Gasteiger partial charge in [-0.2, -0.15) is 31.4 Å². The first-order valence-corrected chi connectivity index (χ1v) is 12.2. The summed E-state index contributed by atoms with van der Waals surface area (Å²) in [5, 5.41) is 6.55. The number of nitrogens with one attached hydrogen (secondary N) is 1. The highest BCUT2D eigenvalue weighted by molar-refractivity contribution is 5.80. The number of aromatic nitrogens is 3. The lowest BCUT2D eigenvalue weighted by atomic mass is 9.81. The number of carbonyl (C=O) groups excluding carboxylic acids is 1. The molecule has 1 saturated heterocycles. The zero-order valence-electron chi connectivity index (χ0n) is 20.4. The molecule has 2 aromatic rings. The summed E-state index contributed by atoms with van der Waals surface area (Å²) in [4.78, 5) is 17.6. The summed E-state index contributed by atoms with van der Waals surface area (Å²) in [6.07, 6.45) is -8.82. The summed E-state index contributed by atoms with van der Waals surface area (Å²) in [7, 11) is 1.15. The SMILES string of the molecule is CN(CC(F)(F)F)c1cc2nc([C@@H](N)C3CCC(F)(F)CC3)cn2nc1CC1C[C@@H](C(F)(F)F)CNC1=O. The second-order valence-corrected chi connectivity index (χ2v) is 10.3. The first-order valence-electron chi connectivity index (χ1n) is 12.2. The van der Waals surface area contributed by atoms with Crippen LogP contribution >= 0.6 is 0 Å². The van der Waals surface area contributed by atoms with E-state index < -0.39 is 61.6 Å². The van der Waals surface area contributed by atoms with Gasteiger partial charge in [-0.25, -0.2) is 18.3 Å². The highest BCUT2D eigenvalue weighted by Crippen LogP contribution is 2.41. The third kappa shape index (κ3) is 6.46. The lowest BCUT2D eigenvalue weighted by Crippen LogP contribution is -2.47. The van der Waals surface area contributed by atoms with Crippen LogP contribution in [0.15, 0.2) is 12.3 Å². The highest BCUT2D eigenvalue weighted by atomic mass is 19.4. The average Bonchev–Trinajstić information content (AvgIpc) is 3.20. The normalized spacial score (nSPS) is 23.9. The van der Waals surface area contributed by atoms with Crippen molar-refractivity contribution in [3.63, 3.8) is 0 Å². The number of imidazole rings is 1. The molecule has 1 aliphatic carbocycles. The maximum Gasteiger partial charge on any atom is 0.405 e. The lowest BCUT2D eigenvalue weighted by Gasteiger charge is -2.31. The lowest BCUT2D eigenvalue weighted by molar-refractivity contribution is -0.183. The Balaban J connectivity index is 1.66. The minimum atomic E-state index is -4.59. The molecule has 15 heteroatoms. The number of hydrogen-bond donors (Lipinski definition) is 2. The predicted octanol–water partition coefficient (Wildman–Crippen LogP) is 4.41. The number of piperidine rings is 1. The van der Waals surface area contributed by atoms with Crippen LogP contribution in [0.3, 0.4) is 0 Å². The van der Waals surface area contributed by atoms with Gasteiger partial charge in [0.2, 0.25) is 11.8 Å². The Hall–Kier alpha value is -2.71. The molecule has 0 aromatic carbocycles. The van der Waals surface area contributed by atoms with Crippen LogP contribution in [0.1, 0.15) is 49.5 Å². The maximum absolute atomic E-state index is 13.6. The smallest absolute Gasteiger partial charge is 0.364 e. The molecule has 3 heterocycles. The fraction of sp³-hybridized carbons (Fsp3) is 0.696. The number of amides is 1. The standard InChI is InChI=1S/C23H28F8N6O/c1-36(11-22(26,27)28)17-8-18-34-16(19(32)12-2-4-21(24,25)5-3-12)10-37(18)35-15(17)7-13-6-14(23(29,30)31)9-33-20(13)38/h8,10,12-14,19H,2-7,9,11,32H2,1H3,(H,33,38)/t13?,14-,19+/m1/s1. The van der Waals surface area contributed by atoms with Gasteiger partial charge in [0.1, 0.15) is 6.54 Å². The summed E-state index contributed by atoms with van der Waals surface area (Å²) < 4.78 is 108. The Morgan fingerprint density at radius 1 is 1.21 bits per heavy atom. The molecule has 1 saturated carbocycles. The molecule has 7 nitrogen and oxygen atoms in total. The minimum Gasteiger partial charge on any atom is -0.364 e. The zero-order chi connectivity index (χ0) is 28.0. The quantitative estimate of drug-likeness (QED) is 0.515. The molecule has 2 aliphatic rings. The fourth-order valence-corrected chi connectivity index (χ4v) is 5.18. The second-order valence-electron chi connectivity index (χ2n) is 10.3.